The van der Waals surface area contributed by atoms with E-state index in [2.05, 4.69) is 5.32 Å². The van der Waals surface area contributed by atoms with Crippen molar-refractivity contribution in [1.29, 1.82) is 0 Å². The first-order valence-electron chi connectivity index (χ1n) is 7.81. The third kappa shape index (κ3) is 5.85. The summed E-state index contributed by atoms with van der Waals surface area (Å²) in [6.07, 6.45) is 1.17. The summed E-state index contributed by atoms with van der Waals surface area (Å²) in [7, 11) is -3.39. The van der Waals surface area contributed by atoms with Crippen LogP contribution in [0.3, 0.4) is 0 Å². The molecule has 134 valence electrons. The van der Waals surface area contributed by atoms with Crippen molar-refractivity contribution in [2.75, 3.05) is 19.3 Å². The molecule has 1 amide bonds. The minimum Gasteiger partial charge on any atom is -0.351 e. The quantitative estimate of drug-likeness (QED) is 0.803. The van der Waals surface area contributed by atoms with Gasteiger partial charge in [0.2, 0.25) is 10.0 Å². The molecule has 0 fully saturated rings. The van der Waals surface area contributed by atoms with Crippen LogP contribution in [0.5, 0.6) is 0 Å². The number of carbonyl (C=O) groups is 1. The van der Waals surface area contributed by atoms with Gasteiger partial charge in [0.15, 0.2) is 0 Å². The van der Waals surface area contributed by atoms with Crippen molar-refractivity contribution in [1.82, 2.24) is 9.62 Å². The van der Waals surface area contributed by atoms with Crippen molar-refractivity contribution < 1.29 is 13.2 Å². The Labute approximate surface area is 153 Å². The molecule has 5 nitrogen and oxygen atoms in total. The Morgan fingerprint density at radius 2 is 1.88 bits per heavy atom. The maximum atomic E-state index is 12.1. The van der Waals surface area contributed by atoms with E-state index in [1.807, 2.05) is 31.2 Å². The molecule has 0 bridgehead atoms. The van der Waals surface area contributed by atoms with Gasteiger partial charge in [-0.05, 0) is 24.6 Å². The Morgan fingerprint density at radius 3 is 2.52 bits per heavy atom. The number of sulfonamides is 1. The molecule has 0 aliphatic heterocycles. The number of rotatable bonds is 7. The molecule has 1 N–H and O–H groups in total. The van der Waals surface area contributed by atoms with Crippen LogP contribution >= 0.6 is 11.6 Å². The molecule has 0 atom stereocenters. The fraction of sp³-hybridized carbons (Fsp3) is 0.278. The predicted molar refractivity (Wildman–Crippen MR) is 100 cm³/mol. The Balaban J connectivity index is 1.99. The van der Waals surface area contributed by atoms with E-state index in [0.29, 0.717) is 10.6 Å². The molecule has 0 unspecified atom stereocenters. The second kappa shape index (κ2) is 8.47. The molecule has 2 aromatic carbocycles. The van der Waals surface area contributed by atoms with Gasteiger partial charge < -0.3 is 5.32 Å². The first kappa shape index (κ1) is 19.4. The summed E-state index contributed by atoms with van der Waals surface area (Å²) in [5, 5.41) is 3.07. The van der Waals surface area contributed by atoms with Gasteiger partial charge in [-0.15, -0.1) is 0 Å². The van der Waals surface area contributed by atoms with E-state index in [4.69, 9.17) is 11.6 Å². The maximum Gasteiger partial charge on any atom is 0.252 e. The van der Waals surface area contributed by atoms with Crippen LogP contribution in [0.25, 0.3) is 0 Å². The van der Waals surface area contributed by atoms with E-state index >= 15 is 0 Å². The molecule has 0 saturated carbocycles. The highest BCUT2D eigenvalue weighted by Crippen LogP contribution is 2.14. The Kier molecular flexibility index (Phi) is 6.58. The molecular weight excluding hydrogens is 360 g/mol. The Hall–Kier alpha value is -1.89. The highest BCUT2D eigenvalue weighted by Gasteiger charge is 2.17. The molecular formula is C18H21ClN2O3S. The fourth-order valence-electron chi connectivity index (χ4n) is 2.41. The smallest absolute Gasteiger partial charge is 0.252 e. The lowest BCUT2D eigenvalue weighted by atomic mass is 10.1. The molecule has 0 aliphatic rings. The van der Waals surface area contributed by atoms with E-state index in [1.54, 1.807) is 24.3 Å². The fourth-order valence-corrected chi connectivity index (χ4v) is 3.44. The lowest BCUT2D eigenvalue weighted by Crippen LogP contribution is -2.37. The van der Waals surface area contributed by atoms with Crippen LogP contribution in [0.2, 0.25) is 5.02 Å². The number of hydrogen-bond donors (Lipinski definition) is 1. The van der Waals surface area contributed by atoms with Crippen LogP contribution in [0, 0.1) is 6.92 Å². The lowest BCUT2D eigenvalue weighted by Gasteiger charge is -2.20. The van der Waals surface area contributed by atoms with Gasteiger partial charge in [-0.25, -0.2) is 8.42 Å². The summed E-state index contributed by atoms with van der Waals surface area (Å²) in [6.45, 7) is 2.60. The van der Waals surface area contributed by atoms with E-state index in [-0.39, 0.29) is 25.5 Å². The summed E-state index contributed by atoms with van der Waals surface area (Å²) in [4.78, 5) is 12.1. The molecule has 2 aromatic rings. The van der Waals surface area contributed by atoms with Gasteiger partial charge in [-0.2, -0.15) is 4.31 Å². The van der Waals surface area contributed by atoms with Crippen LogP contribution in [-0.4, -0.2) is 38.0 Å². The van der Waals surface area contributed by atoms with Crippen molar-refractivity contribution >= 4 is 27.5 Å². The highest BCUT2D eigenvalue weighted by atomic mass is 35.5. The van der Waals surface area contributed by atoms with Crippen LogP contribution in [0.4, 0.5) is 0 Å². The van der Waals surface area contributed by atoms with Crippen LogP contribution in [0.1, 0.15) is 21.5 Å². The van der Waals surface area contributed by atoms with Crippen LogP contribution in [-0.2, 0) is 16.6 Å². The first-order valence-corrected chi connectivity index (χ1v) is 10.0. The van der Waals surface area contributed by atoms with Gasteiger partial charge in [0, 0.05) is 19.6 Å². The van der Waals surface area contributed by atoms with E-state index in [0.717, 1.165) is 11.1 Å². The molecule has 0 aliphatic carbocycles. The van der Waals surface area contributed by atoms with Crippen molar-refractivity contribution in [3.05, 3.63) is 70.2 Å². The van der Waals surface area contributed by atoms with Gasteiger partial charge in [-0.3, -0.25) is 4.79 Å². The Morgan fingerprint density at radius 1 is 1.16 bits per heavy atom. The molecule has 0 saturated heterocycles. The summed E-state index contributed by atoms with van der Waals surface area (Å²) < 4.78 is 25.4. The first-order chi connectivity index (χ1) is 11.8. The summed E-state index contributed by atoms with van der Waals surface area (Å²) in [5.74, 6) is -0.324. The number of hydrogen-bond acceptors (Lipinski definition) is 3. The largest absolute Gasteiger partial charge is 0.351 e. The lowest BCUT2D eigenvalue weighted by molar-refractivity contribution is 0.0951. The van der Waals surface area contributed by atoms with E-state index in [9.17, 15) is 13.2 Å². The van der Waals surface area contributed by atoms with Crippen molar-refractivity contribution in [2.45, 2.75) is 13.5 Å². The summed E-state index contributed by atoms with van der Waals surface area (Å²) in [5.41, 5.74) is 2.34. The molecule has 2 rings (SSSR count). The number of halogens is 1. The van der Waals surface area contributed by atoms with Gasteiger partial charge >= 0.3 is 0 Å². The molecule has 25 heavy (non-hydrogen) atoms. The van der Waals surface area contributed by atoms with Gasteiger partial charge in [0.25, 0.3) is 5.91 Å². The second-order valence-corrected chi connectivity index (χ2v) is 8.21. The minimum atomic E-state index is -3.39. The number of nitrogens with one attached hydrogen (secondary N) is 1. The van der Waals surface area contributed by atoms with E-state index < -0.39 is 10.0 Å². The maximum absolute atomic E-state index is 12.1. The van der Waals surface area contributed by atoms with Gasteiger partial charge in [-0.1, -0.05) is 53.6 Å². The van der Waals surface area contributed by atoms with E-state index in [1.165, 1.54) is 10.6 Å². The zero-order valence-electron chi connectivity index (χ0n) is 14.2. The number of benzene rings is 2. The molecule has 0 heterocycles. The zero-order chi connectivity index (χ0) is 18.4. The SMILES string of the molecule is Cc1cccc(CN(CCNC(=O)c2ccccc2Cl)S(C)(=O)=O)c1. The Bertz CT molecular complexity index is 853. The number of amides is 1. The average Bonchev–Trinajstić information content (AvgIpc) is 2.53. The predicted octanol–water partition coefficient (Wildman–Crippen LogP) is 2.84. The summed E-state index contributed by atoms with van der Waals surface area (Å²) in [6, 6.07) is 14.4. The third-order valence-corrected chi connectivity index (χ3v) is 5.25. The zero-order valence-corrected chi connectivity index (χ0v) is 15.8. The monoisotopic (exact) mass is 380 g/mol. The average molecular weight is 381 g/mol. The molecule has 7 heteroatoms. The normalized spacial score (nSPS) is 11.5. The standard InChI is InChI=1S/C18H21ClN2O3S/c1-14-6-5-7-15(12-14)13-21(25(2,23)24)11-10-20-18(22)16-8-3-4-9-17(16)19/h3-9,12H,10-11,13H2,1-2H3,(H,20,22). The number of carbonyl (C=O) groups excluding carboxylic acids is 1. The van der Waals surface area contributed by atoms with Crippen molar-refractivity contribution in [2.24, 2.45) is 0 Å². The van der Waals surface area contributed by atoms with Gasteiger partial charge in [0.05, 0.1) is 16.8 Å². The molecule has 0 radical (unpaired) electrons. The second-order valence-electron chi connectivity index (χ2n) is 5.82. The number of nitrogens with zero attached hydrogens (tertiary/aromatic N) is 1. The molecule has 0 spiro atoms. The summed E-state index contributed by atoms with van der Waals surface area (Å²) >= 11 is 5.99. The van der Waals surface area contributed by atoms with Crippen molar-refractivity contribution in [3.63, 3.8) is 0 Å². The minimum absolute atomic E-state index is 0.183. The topological polar surface area (TPSA) is 66.5 Å². The van der Waals surface area contributed by atoms with Crippen LogP contribution < -0.4 is 5.32 Å². The van der Waals surface area contributed by atoms with Gasteiger partial charge in [0.1, 0.15) is 0 Å². The van der Waals surface area contributed by atoms with Crippen molar-refractivity contribution in [3.8, 4) is 0 Å². The number of aryl methyl sites for hydroxylation is 1. The molecule has 0 aromatic heterocycles. The highest BCUT2D eigenvalue weighted by molar-refractivity contribution is 7.88. The third-order valence-electron chi connectivity index (χ3n) is 3.68. The van der Waals surface area contributed by atoms with Crippen LogP contribution in [0.15, 0.2) is 48.5 Å².